The minimum atomic E-state index is 0.297. The van der Waals surface area contributed by atoms with Crippen LogP contribution < -0.4 is 5.73 Å². The molecule has 2 rings (SSSR count). The molecule has 0 aliphatic rings. The zero-order chi connectivity index (χ0) is 15.7. The molecule has 1 aromatic heterocycles. The van der Waals surface area contributed by atoms with Crippen LogP contribution in [0, 0.1) is 5.92 Å². The van der Waals surface area contributed by atoms with Crippen molar-refractivity contribution in [3.8, 4) is 11.3 Å². The Hall–Kier alpha value is -1.19. The number of rotatable bonds is 4. The monoisotopic (exact) mass is 325 g/mol. The number of imidazole rings is 1. The van der Waals surface area contributed by atoms with Crippen LogP contribution in [0.5, 0.6) is 0 Å². The fourth-order valence-corrected chi connectivity index (χ4v) is 2.86. The normalized spacial score (nSPS) is 11.6. The Morgan fingerprint density at radius 2 is 1.86 bits per heavy atom. The summed E-state index contributed by atoms with van der Waals surface area (Å²) in [4.78, 5) is 4.73. The van der Waals surface area contributed by atoms with Gasteiger partial charge in [-0.2, -0.15) is 0 Å². The third-order valence-electron chi connectivity index (χ3n) is 3.29. The maximum Gasteiger partial charge on any atom is 0.131 e. The van der Waals surface area contributed by atoms with E-state index in [9.17, 15) is 0 Å². The van der Waals surface area contributed by atoms with Crippen LogP contribution in [-0.4, -0.2) is 9.55 Å². The van der Waals surface area contributed by atoms with Crippen molar-refractivity contribution in [3.63, 3.8) is 0 Å². The van der Waals surface area contributed by atoms with E-state index in [1.54, 1.807) is 12.1 Å². The molecule has 0 bridgehead atoms. The minimum absolute atomic E-state index is 0.297. The summed E-state index contributed by atoms with van der Waals surface area (Å²) in [6, 6.07) is 5.39. The number of benzene rings is 1. The molecule has 0 spiro atoms. The summed E-state index contributed by atoms with van der Waals surface area (Å²) < 4.78 is 2.09. The van der Waals surface area contributed by atoms with Crippen molar-refractivity contribution in [1.29, 1.82) is 0 Å². The second-order valence-electron chi connectivity index (χ2n) is 5.99. The van der Waals surface area contributed by atoms with Gasteiger partial charge in [0.2, 0.25) is 0 Å². The Morgan fingerprint density at radius 3 is 2.38 bits per heavy atom. The molecule has 1 heterocycles. The highest BCUT2D eigenvalue weighted by atomic mass is 35.5. The van der Waals surface area contributed by atoms with Gasteiger partial charge in [-0.05, 0) is 24.1 Å². The first-order valence-corrected chi connectivity index (χ1v) is 7.88. The quantitative estimate of drug-likeness (QED) is 0.837. The zero-order valence-electron chi connectivity index (χ0n) is 12.8. The van der Waals surface area contributed by atoms with Crippen molar-refractivity contribution in [3.05, 3.63) is 34.1 Å². The number of anilines is 1. The van der Waals surface area contributed by atoms with Crippen LogP contribution in [-0.2, 0) is 6.54 Å². The van der Waals surface area contributed by atoms with Crippen LogP contribution in [0.15, 0.2) is 18.2 Å². The molecule has 0 atom stereocenters. The largest absolute Gasteiger partial charge is 0.383 e. The van der Waals surface area contributed by atoms with Crippen LogP contribution in [0.1, 0.15) is 39.4 Å². The van der Waals surface area contributed by atoms with E-state index in [0.29, 0.717) is 27.7 Å². The lowest BCUT2D eigenvalue weighted by molar-refractivity contribution is 0.502. The Bertz CT molecular complexity index is 645. The zero-order valence-corrected chi connectivity index (χ0v) is 14.3. The Labute approximate surface area is 136 Å². The number of hydrogen-bond donors (Lipinski definition) is 1. The van der Waals surface area contributed by atoms with Crippen molar-refractivity contribution in [2.45, 2.75) is 40.2 Å². The summed E-state index contributed by atoms with van der Waals surface area (Å²) in [5, 5.41) is 1.17. The van der Waals surface area contributed by atoms with E-state index in [2.05, 4.69) is 32.3 Å². The van der Waals surface area contributed by atoms with E-state index in [-0.39, 0.29) is 0 Å². The first kappa shape index (κ1) is 16.2. The van der Waals surface area contributed by atoms with Crippen LogP contribution in [0.2, 0.25) is 10.0 Å². The van der Waals surface area contributed by atoms with Gasteiger partial charge in [-0.3, -0.25) is 0 Å². The molecule has 0 amide bonds. The van der Waals surface area contributed by atoms with Gasteiger partial charge in [0.25, 0.3) is 0 Å². The summed E-state index contributed by atoms with van der Waals surface area (Å²) in [5.41, 5.74) is 7.90. The smallest absolute Gasteiger partial charge is 0.131 e. The van der Waals surface area contributed by atoms with Crippen LogP contribution >= 0.6 is 23.2 Å². The molecule has 114 valence electrons. The van der Waals surface area contributed by atoms with Gasteiger partial charge >= 0.3 is 0 Å². The lowest BCUT2D eigenvalue weighted by Gasteiger charge is -2.14. The highest BCUT2D eigenvalue weighted by molar-refractivity contribution is 6.36. The average molecular weight is 326 g/mol. The van der Waals surface area contributed by atoms with Crippen molar-refractivity contribution >= 4 is 29.0 Å². The molecule has 0 aliphatic carbocycles. The summed E-state index contributed by atoms with van der Waals surface area (Å²) >= 11 is 12.3. The number of nitrogens with zero attached hydrogens (tertiary/aromatic N) is 2. The summed E-state index contributed by atoms with van der Waals surface area (Å²) in [7, 11) is 0. The molecule has 5 heteroatoms. The van der Waals surface area contributed by atoms with Crippen LogP contribution in [0.25, 0.3) is 11.3 Å². The van der Waals surface area contributed by atoms with E-state index >= 15 is 0 Å². The lowest BCUT2D eigenvalue weighted by atomic mass is 10.1. The molecule has 21 heavy (non-hydrogen) atoms. The maximum absolute atomic E-state index is 6.34. The van der Waals surface area contributed by atoms with Gasteiger partial charge in [0, 0.05) is 23.0 Å². The standard InChI is InChI=1S/C16H21Cl2N3/c1-9(2)8-21-15(19)14(20-16(21)10(3)4)12-6-5-11(17)7-13(12)18/h5-7,9-10H,8,19H2,1-4H3. The van der Waals surface area contributed by atoms with Gasteiger partial charge < -0.3 is 10.3 Å². The van der Waals surface area contributed by atoms with E-state index in [4.69, 9.17) is 33.9 Å². The van der Waals surface area contributed by atoms with Gasteiger partial charge in [0.1, 0.15) is 17.3 Å². The molecule has 0 fully saturated rings. The summed E-state index contributed by atoms with van der Waals surface area (Å²) in [6.45, 7) is 9.41. The molecule has 0 saturated heterocycles. The Morgan fingerprint density at radius 1 is 1.19 bits per heavy atom. The predicted molar refractivity (Wildman–Crippen MR) is 91.0 cm³/mol. The van der Waals surface area contributed by atoms with E-state index in [0.717, 1.165) is 23.6 Å². The maximum atomic E-state index is 6.34. The van der Waals surface area contributed by atoms with Crippen LogP contribution in [0.3, 0.4) is 0 Å². The van der Waals surface area contributed by atoms with Crippen molar-refractivity contribution < 1.29 is 0 Å². The third-order valence-corrected chi connectivity index (χ3v) is 3.83. The van der Waals surface area contributed by atoms with E-state index in [1.807, 2.05) is 6.07 Å². The van der Waals surface area contributed by atoms with Crippen molar-refractivity contribution in [2.75, 3.05) is 5.73 Å². The van der Waals surface area contributed by atoms with Crippen molar-refractivity contribution in [2.24, 2.45) is 5.92 Å². The molecule has 0 unspecified atom stereocenters. The SMILES string of the molecule is CC(C)Cn1c(C(C)C)nc(-c2ccc(Cl)cc2Cl)c1N. The van der Waals surface area contributed by atoms with Crippen molar-refractivity contribution in [1.82, 2.24) is 9.55 Å². The van der Waals surface area contributed by atoms with Gasteiger partial charge in [-0.25, -0.2) is 4.98 Å². The second-order valence-corrected chi connectivity index (χ2v) is 6.83. The Kier molecular flexibility index (Phi) is 4.84. The number of aromatic nitrogens is 2. The second kappa shape index (κ2) is 6.29. The fourth-order valence-electron chi connectivity index (χ4n) is 2.36. The highest BCUT2D eigenvalue weighted by Crippen LogP contribution is 2.35. The van der Waals surface area contributed by atoms with Gasteiger partial charge in [-0.1, -0.05) is 50.9 Å². The average Bonchev–Trinajstić information content (AvgIpc) is 2.67. The number of halogens is 2. The minimum Gasteiger partial charge on any atom is -0.383 e. The molecule has 0 aliphatic heterocycles. The van der Waals surface area contributed by atoms with Gasteiger partial charge in [0.05, 0.1) is 5.02 Å². The summed E-state index contributed by atoms with van der Waals surface area (Å²) in [6.07, 6.45) is 0. The molecule has 2 aromatic rings. The van der Waals surface area contributed by atoms with Gasteiger partial charge in [0.15, 0.2) is 0 Å². The molecule has 0 saturated carbocycles. The third kappa shape index (κ3) is 3.35. The lowest BCUT2D eigenvalue weighted by Crippen LogP contribution is -2.12. The predicted octanol–water partition coefficient (Wildman–Crippen LogP) is 5.22. The molecular formula is C16H21Cl2N3. The van der Waals surface area contributed by atoms with E-state index < -0.39 is 0 Å². The molecular weight excluding hydrogens is 305 g/mol. The molecule has 1 aromatic carbocycles. The van der Waals surface area contributed by atoms with Gasteiger partial charge in [-0.15, -0.1) is 0 Å². The molecule has 2 N–H and O–H groups in total. The molecule has 3 nitrogen and oxygen atoms in total. The Balaban J connectivity index is 2.59. The number of hydrogen-bond acceptors (Lipinski definition) is 2. The first-order chi connectivity index (χ1) is 9.81. The fraction of sp³-hybridized carbons (Fsp3) is 0.438. The van der Waals surface area contributed by atoms with E-state index in [1.165, 1.54) is 0 Å². The topological polar surface area (TPSA) is 43.8 Å². The summed E-state index contributed by atoms with van der Waals surface area (Å²) in [5.74, 6) is 2.44. The highest BCUT2D eigenvalue weighted by Gasteiger charge is 2.20. The number of nitrogen functional groups attached to an aromatic ring is 1. The molecule has 0 radical (unpaired) electrons. The number of nitrogens with two attached hydrogens (primary N) is 1. The first-order valence-electron chi connectivity index (χ1n) is 7.12. The van der Waals surface area contributed by atoms with Crippen LogP contribution in [0.4, 0.5) is 5.82 Å².